The summed E-state index contributed by atoms with van der Waals surface area (Å²) in [5.74, 6) is 0.691. The number of para-hydroxylation sites is 1. The Hall–Kier alpha value is -2.86. The lowest BCUT2D eigenvalue weighted by Gasteiger charge is -2.06. The number of nitriles is 1. The lowest BCUT2D eigenvalue weighted by molar-refractivity contribution is 0.104. The molecule has 0 bridgehead atoms. The lowest BCUT2D eigenvalue weighted by atomic mass is 10.1. The summed E-state index contributed by atoms with van der Waals surface area (Å²) in [7, 11) is 0. The number of rotatable bonds is 3. The van der Waals surface area contributed by atoms with Crippen LogP contribution in [0.4, 0.5) is 0 Å². The van der Waals surface area contributed by atoms with Gasteiger partial charge < -0.3 is 4.74 Å². The summed E-state index contributed by atoms with van der Waals surface area (Å²) in [4.78, 5) is 12.4. The van der Waals surface area contributed by atoms with Crippen LogP contribution in [0.1, 0.15) is 21.5 Å². The number of Topliss-reactive ketones (excluding diaryl/α,β-unsaturated/α-hetero) is 1. The van der Waals surface area contributed by atoms with Gasteiger partial charge in [0.25, 0.3) is 0 Å². The summed E-state index contributed by atoms with van der Waals surface area (Å²) in [5.41, 5.74) is 3.41. The third kappa shape index (κ3) is 2.56. The van der Waals surface area contributed by atoms with Gasteiger partial charge in [-0.25, -0.2) is 0 Å². The fraction of sp³-hybridized carbons (Fsp3) is 0.111. The van der Waals surface area contributed by atoms with E-state index in [-0.39, 0.29) is 12.4 Å². The molecule has 0 radical (unpaired) electrons. The first-order chi connectivity index (χ1) is 10.3. The second-order valence-electron chi connectivity index (χ2n) is 4.82. The molecule has 3 heteroatoms. The highest BCUT2D eigenvalue weighted by molar-refractivity contribution is 6.15. The maximum absolute atomic E-state index is 12.4. The summed E-state index contributed by atoms with van der Waals surface area (Å²) in [6.45, 7) is -0.00560. The quantitative estimate of drug-likeness (QED) is 0.806. The van der Waals surface area contributed by atoms with Crippen molar-refractivity contribution in [2.75, 3.05) is 6.61 Å². The van der Waals surface area contributed by atoms with Crippen molar-refractivity contribution in [1.29, 1.82) is 5.26 Å². The maximum atomic E-state index is 12.4. The monoisotopic (exact) mass is 275 g/mol. The molecule has 0 saturated carbocycles. The maximum Gasteiger partial charge on any atom is 0.189 e. The van der Waals surface area contributed by atoms with Gasteiger partial charge in [-0.2, -0.15) is 5.26 Å². The Morgan fingerprint density at radius 2 is 1.90 bits per heavy atom. The van der Waals surface area contributed by atoms with Crippen LogP contribution >= 0.6 is 0 Å². The van der Waals surface area contributed by atoms with Crippen molar-refractivity contribution in [2.24, 2.45) is 0 Å². The summed E-state index contributed by atoms with van der Waals surface area (Å²) in [6, 6.07) is 17.0. The first-order valence-corrected chi connectivity index (χ1v) is 6.71. The Kier molecular flexibility index (Phi) is 3.53. The van der Waals surface area contributed by atoms with Crippen molar-refractivity contribution in [3.63, 3.8) is 0 Å². The molecule has 2 aromatic rings. The molecule has 0 heterocycles. The minimum atomic E-state index is -0.00560. The van der Waals surface area contributed by atoms with E-state index in [9.17, 15) is 4.79 Å². The molecule has 0 aliphatic heterocycles. The molecule has 0 spiro atoms. The van der Waals surface area contributed by atoms with Gasteiger partial charge in [-0.3, -0.25) is 4.79 Å². The Morgan fingerprint density at radius 3 is 2.71 bits per heavy atom. The SMILES string of the molecule is N#CCOc1ccccc1/C=C1\Cc2ccccc2C1=O. The van der Waals surface area contributed by atoms with Gasteiger partial charge >= 0.3 is 0 Å². The Labute approximate surface area is 123 Å². The second kappa shape index (κ2) is 5.64. The zero-order valence-corrected chi connectivity index (χ0v) is 11.4. The predicted molar refractivity (Wildman–Crippen MR) is 80.0 cm³/mol. The van der Waals surface area contributed by atoms with Crippen LogP contribution < -0.4 is 4.74 Å². The van der Waals surface area contributed by atoms with Gasteiger partial charge in [0.15, 0.2) is 12.4 Å². The van der Waals surface area contributed by atoms with E-state index in [2.05, 4.69) is 0 Å². The summed E-state index contributed by atoms with van der Waals surface area (Å²) in [6.07, 6.45) is 2.50. The standard InChI is InChI=1S/C18H13NO2/c19-9-10-21-17-8-4-2-6-14(17)12-15-11-13-5-1-3-7-16(13)18(15)20/h1-8,12H,10-11H2/b15-12+. The molecule has 21 heavy (non-hydrogen) atoms. The van der Waals surface area contributed by atoms with Crippen LogP contribution in [0.15, 0.2) is 54.1 Å². The van der Waals surface area contributed by atoms with Crippen LogP contribution in [-0.2, 0) is 6.42 Å². The van der Waals surface area contributed by atoms with Crippen molar-refractivity contribution < 1.29 is 9.53 Å². The molecule has 0 fully saturated rings. The molecule has 3 nitrogen and oxygen atoms in total. The normalized spacial score (nSPS) is 14.8. The zero-order valence-electron chi connectivity index (χ0n) is 11.4. The number of carbonyl (C=O) groups is 1. The molecule has 0 N–H and O–H groups in total. The molecule has 0 saturated heterocycles. The lowest BCUT2D eigenvalue weighted by Crippen LogP contribution is -1.98. The minimum Gasteiger partial charge on any atom is -0.478 e. The van der Waals surface area contributed by atoms with E-state index in [1.807, 2.05) is 54.6 Å². The van der Waals surface area contributed by atoms with Crippen molar-refractivity contribution in [3.8, 4) is 11.8 Å². The van der Waals surface area contributed by atoms with Crippen molar-refractivity contribution in [3.05, 3.63) is 70.8 Å². The van der Waals surface area contributed by atoms with Gasteiger partial charge in [-0.1, -0.05) is 42.5 Å². The smallest absolute Gasteiger partial charge is 0.189 e. The molecule has 102 valence electrons. The number of carbonyl (C=O) groups excluding carboxylic acids is 1. The van der Waals surface area contributed by atoms with Gasteiger partial charge in [0, 0.05) is 23.1 Å². The van der Waals surface area contributed by atoms with Crippen LogP contribution in [-0.4, -0.2) is 12.4 Å². The average molecular weight is 275 g/mol. The average Bonchev–Trinajstić information content (AvgIpc) is 2.83. The summed E-state index contributed by atoms with van der Waals surface area (Å²) in [5, 5.41) is 8.62. The number of allylic oxidation sites excluding steroid dienone is 1. The molecule has 3 rings (SSSR count). The first kappa shape index (κ1) is 13.1. The van der Waals surface area contributed by atoms with Crippen molar-refractivity contribution in [1.82, 2.24) is 0 Å². The highest BCUT2D eigenvalue weighted by atomic mass is 16.5. The van der Waals surface area contributed by atoms with E-state index in [1.165, 1.54) is 0 Å². The van der Waals surface area contributed by atoms with Crippen molar-refractivity contribution in [2.45, 2.75) is 6.42 Å². The number of benzene rings is 2. The Morgan fingerprint density at radius 1 is 1.14 bits per heavy atom. The third-order valence-electron chi connectivity index (χ3n) is 3.48. The summed E-state index contributed by atoms with van der Waals surface area (Å²) >= 11 is 0. The second-order valence-corrected chi connectivity index (χ2v) is 4.82. The Balaban J connectivity index is 1.94. The number of fused-ring (bicyclic) bond motifs is 1. The predicted octanol–water partition coefficient (Wildman–Crippen LogP) is 3.41. The van der Waals surface area contributed by atoms with E-state index in [0.717, 1.165) is 22.3 Å². The van der Waals surface area contributed by atoms with Gasteiger partial charge in [0.1, 0.15) is 11.8 Å². The number of ether oxygens (including phenoxy) is 1. The first-order valence-electron chi connectivity index (χ1n) is 6.71. The zero-order chi connectivity index (χ0) is 14.7. The van der Waals surface area contributed by atoms with Crippen LogP contribution in [0.25, 0.3) is 6.08 Å². The molecule has 0 unspecified atom stereocenters. The number of nitrogens with zero attached hydrogens (tertiary/aromatic N) is 1. The molecule has 0 atom stereocenters. The summed E-state index contributed by atoms with van der Waals surface area (Å²) < 4.78 is 5.39. The molecule has 0 amide bonds. The third-order valence-corrected chi connectivity index (χ3v) is 3.48. The molecular formula is C18H13NO2. The van der Waals surface area contributed by atoms with E-state index < -0.39 is 0 Å². The van der Waals surface area contributed by atoms with Crippen LogP contribution in [0.3, 0.4) is 0 Å². The molecule has 1 aliphatic carbocycles. The topological polar surface area (TPSA) is 50.1 Å². The van der Waals surface area contributed by atoms with E-state index >= 15 is 0 Å². The Bertz CT molecular complexity index is 769. The largest absolute Gasteiger partial charge is 0.478 e. The fourth-order valence-electron chi connectivity index (χ4n) is 2.50. The van der Waals surface area contributed by atoms with Crippen LogP contribution in [0, 0.1) is 11.3 Å². The van der Waals surface area contributed by atoms with E-state index in [0.29, 0.717) is 12.2 Å². The number of hydrogen-bond donors (Lipinski definition) is 0. The van der Waals surface area contributed by atoms with Gasteiger partial charge in [0.05, 0.1) is 0 Å². The number of hydrogen-bond acceptors (Lipinski definition) is 3. The van der Waals surface area contributed by atoms with E-state index in [1.54, 1.807) is 6.07 Å². The fourth-order valence-corrected chi connectivity index (χ4v) is 2.50. The number of ketones is 1. The minimum absolute atomic E-state index is 0.00560. The highest BCUT2D eigenvalue weighted by Crippen LogP contribution is 2.29. The van der Waals surface area contributed by atoms with Gasteiger partial charge in [0.2, 0.25) is 0 Å². The molecule has 1 aliphatic rings. The van der Waals surface area contributed by atoms with Crippen LogP contribution in [0.5, 0.6) is 5.75 Å². The molecule has 0 aromatic heterocycles. The molecular weight excluding hydrogens is 262 g/mol. The molecule has 2 aromatic carbocycles. The van der Waals surface area contributed by atoms with Gasteiger partial charge in [-0.05, 0) is 17.7 Å². The van der Waals surface area contributed by atoms with Crippen LogP contribution in [0.2, 0.25) is 0 Å². The van der Waals surface area contributed by atoms with Crippen molar-refractivity contribution >= 4 is 11.9 Å². The van der Waals surface area contributed by atoms with E-state index in [4.69, 9.17) is 10.00 Å². The van der Waals surface area contributed by atoms with Gasteiger partial charge in [-0.15, -0.1) is 0 Å². The highest BCUT2D eigenvalue weighted by Gasteiger charge is 2.24.